The molecule has 0 amide bonds. The van der Waals surface area contributed by atoms with Crippen LogP contribution in [0, 0.1) is 0 Å². The molecule has 0 aliphatic heterocycles. The standard InChI is InChI=1S/C14H16N6/c1-3-11-10(5-15-8-18-11)6-16-14-4-13-12(7-17-14)19-9-20(13)2/h4-5,7-9H,3,6H2,1-2H3,(H,16,17). The fourth-order valence-electron chi connectivity index (χ4n) is 2.16. The molecule has 102 valence electrons. The number of nitrogens with one attached hydrogen (secondary N) is 1. The lowest BCUT2D eigenvalue weighted by Crippen LogP contribution is -2.06. The molecule has 3 aromatic rings. The molecule has 1 N–H and O–H groups in total. The molecule has 0 saturated heterocycles. The first-order chi connectivity index (χ1) is 9.78. The number of aryl methyl sites for hydroxylation is 2. The lowest BCUT2D eigenvalue weighted by atomic mass is 10.2. The lowest BCUT2D eigenvalue weighted by Gasteiger charge is -2.08. The third kappa shape index (κ3) is 2.32. The van der Waals surface area contributed by atoms with Crippen molar-refractivity contribution in [1.82, 2.24) is 24.5 Å². The highest BCUT2D eigenvalue weighted by Crippen LogP contribution is 2.15. The van der Waals surface area contributed by atoms with Crippen molar-refractivity contribution < 1.29 is 0 Å². The van der Waals surface area contributed by atoms with Crippen LogP contribution in [0.25, 0.3) is 11.0 Å². The van der Waals surface area contributed by atoms with E-state index in [0.29, 0.717) is 6.54 Å². The summed E-state index contributed by atoms with van der Waals surface area (Å²) in [7, 11) is 1.97. The van der Waals surface area contributed by atoms with E-state index in [2.05, 4.69) is 32.2 Å². The molecule has 3 aromatic heterocycles. The highest BCUT2D eigenvalue weighted by molar-refractivity contribution is 5.77. The second-order valence-corrected chi connectivity index (χ2v) is 4.62. The van der Waals surface area contributed by atoms with Gasteiger partial charge < -0.3 is 9.88 Å². The minimum Gasteiger partial charge on any atom is -0.366 e. The van der Waals surface area contributed by atoms with Gasteiger partial charge in [0.05, 0.1) is 18.0 Å². The van der Waals surface area contributed by atoms with Gasteiger partial charge in [-0.25, -0.2) is 19.9 Å². The fourth-order valence-corrected chi connectivity index (χ4v) is 2.16. The van der Waals surface area contributed by atoms with Gasteiger partial charge in [-0.05, 0) is 6.42 Å². The highest BCUT2D eigenvalue weighted by atomic mass is 15.0. The molecule has 0 saturated carbocycles. The van der Waals surface area contributed by atoms with Crippen molar-refractivity contribution >= 4 is 16.9 Å². The summed E-state index contributed by atoms with van der Waals surface area (Å²) in [5.74, 6) is 0.826. The summed E-state index contributed by atoms with van der Waals surface area (Å²) in [5.41, 5.74) is 4.12. The number of fused-ring (bicyclic) bond motifs is 1. The molecule has 0 spiro atoms. The second kappa shape index (κ2) is 5.24. The molecule has 6 heteroatoms. The van der Waals surface area contributed by atoms with Crippen molar-refractivity contribution in [1.29, 1.82) is 0 Å². The van der Waals surface area contributed by atoms with Crippen LogP contribution < -0.4 is 5.32 Å². The Bertz CT molecular complexity index is 733. The Kier molecular flexibility index (Phi) is 3.28. The molecule has 0 aliphatic rings. The SMILES string of the molecule is CCc1ncncc1CNc1cc2c(cn1)ncn2C. The minimum absolute atomic E-state index is 0.667. The zero-order valence-corrected chi connectivity index (χ0v) is 11.5. The molecule has 3 heterocycles. The number of hydrogen-bond donors (Lipinski definition) is 1. The molecule has 0 aromatic carbocycles. The zero-order chi connectivity index (χ0) is 13.9. The Morgan fingerprint density at radius 2 is 2.10 bits per heavy atom. The van der Waals surface area contributed by atoms with E-state index in [1.54, 1.807) is 18.9 Å². The van der Waals surface area contributed by atoms with E-state index >= 15 is 0 Å². The topological polar surface area (TPSA) is 68.5 Å². The highest BCUT2D eigenvalue weighted by Gasteiger charge is 2.05. The van der Waals surface area contributed by atoms with E-state index in [4.69, 9.17) is 0 Å². The van der Waals surface area contributed by atoms with Gasteiger partial charge in [0.1, 0.15) is 17.7 Å². The van der Waals surface area contributed by atoms with Crippen LogP contribution in [-0.4, -0.2) is 24.5 Å². The first kappa shape index (κ1) is 12.5. The van der Waals surface area contributed by atoms with E-state index in [1.165, 1.54) is 0 Å². The normalized spacial score (nSPS) is 10.9. The molecule has 0 bridgehead atoms. The van der Waals surface area contributed by atoms with E-state index in [9.17, 15) is 0 Å². The molecule has 3 rings (SSSR count). The quantitative estimate of drug-likeness (QED) is 0.783. The van der Waals surface area contributed by atoms with Crippen molar-refractivity contribution in [3.8, 4) is 0 Å². The number of anilines is 1. The Labute approximate surface area is 116 Å². The molecule has 6 nitrogen and oxygen atoms in total. The summed E-state index contributed by atoms with van der Waals surface area (Å²) in [5, 5.41) is 3.31. The number of nitrogens with zero attached hydrogens (tertiary/aromatic N) is 5. The van der Waals surface area contributed by atoms with Gasteiger partial charge in [0.15, 0.2) is 0 Å². The van der Waals surface area contributed by atoms with Crippen LogP contribution in [0.4, 0.5) is 5.82 Å². The molecule has 20 heavy (non-hydrogen) atoms. The third-order valence-corrected chi connectivity index (χ3v) is 3.29. The van der Waals surface area contributed by atoms with Gasteiger partial charge in [-0.1, -0.05) is 6.92 Å². The van der Waals surface area contributed by atoms with Crippen LogP contribution in [-0.2, 0) is 20.0 Å². The van der Waals surface area contributed by atoms with E-state index in [0.717, 1.165) is 34.5 Å². The number of imidazole rings is 1. The summed E-state index contributed by atoms with van der Waals surface area (Å²) < 4.78 is 1.98. The van der Waals surface area contributed by atoms with Crippen LogP contribution in [0.5, 0.6) is 0 Å². The first-order valence-corrected chi connectivity index (χ1v) is 6.56. The predicted molar refractivity (Wildman–Crippen MR) is 77.2 cm³/mol. The summed E-state index contributed by atoms with van der Waals surface area (Å²) in [4.78, 5) is 17.0. The van der Waals surface area contributed by atoms with Crippen molar-refractivity contribution in [3.05, 3.63) is 42.4 Å². The van der Waals surface area contributed by atoms with E-state index in [1.807, 2.05) is 23.9 Å². The molecule has 0 radical (unpaired) electrons. The van der Waals surface area contributed by atoms with Crippen molar-refractivity contribution in [2.45, 2.75) is 19.9 Å². The van der Waals surface area contributed by atoms with Crippen LogP contribution in [0.3, 0.4) is 0 Å². The number of pyridine rings is 1. The maximum atomic E-state index is 4.36. The summed E-state index contributed by atoms with van der Waals surface area (Å²) in [6.07, 6.45) is 7.90. The van der Waals surface area contributed by atoms with Crippen LogP contribution in [0.1, 0.15) is 18.2 Å². The number of aromatic nitrogens is 5. The van der Waals surface area contributed by atoms with Crippen LogP contribution in [0.2, 0.25) is 0 Å². The molecule has 0 atom stereocenters. The Hall–Kier alpha value is -2.50. The number of hydrogen-bond acceptors (Lipinski definition) is 5. The smallest absolute Gasteiger partial charge is 0.128 e. The van der Waals surface area contributed by atoms with Gasteiger partial charge >= 0.3 is 0 Å². The maximum Gasteiger partial charge on any atom is 0.128 e. The molecular formula is C14H16N6. The van der Waals surface area contributed by atoms with Gasteiger partial charge in [0.2, 0.25) is 0 Å². The van der Waals surface area contributed by atoms with Crippen LogP contribution in [0.15, 0.2) is 31.1 Å². The average Bonchev–Trinajstić information content (AvgIpc) is 2.86. The van der Waals surface area contributed by atoms with E-state index < -0.39 is 0 Å². The van der Waals surface area contributed by atoms with Gasteiger partial charge in [0.25, 0.3) is 0 Å². The lowest BCUT2D eigenvalue weighted by molar-refractivity contribution is 0.929. The van der Waals surface area contributed by atoms with E-state index in [-0.39, 0.29) is 0 Å². The first-order valence-electron chi connectivity index (χ1n) is 6.56. The van der Waals surface area contributed by atoms with Gasteiger partial charge in [0, 0.05) is 37.1 Å². The molecule has 0 fully saturated rings. The molecule has 0 unspecified atom stereocenters. The van der Waals surface area contributed by atoms with Gasteiger partial charge in [-0.2, -0.15) is 0 Å². The minimum atomic E-state index is 0.667. The Morgan fingerprint density at radius 3 is 2.95 bits per heavy atom. The average molecular weight is 268 g/mol. The largest absolute Gasteiger partial charge is 0.366 e. The third-order valence-electron chi connectivity index (χ3n) is 3.29. The second-order valence-electron chi connectivity index (χ2n) is 4.62. The predicted octanol–water partition coefficient (Wildman–Crippen LogP) is 1.93. The number of rotatable bonds is 4. The van der Waals surface area contributed by atoms with Crippen LogP contribution >= 0.6 is 0 Å². The van der Waals surface area contributed by atoms with Crippen molar-refractivity contribution in [2.75, 3.05) is 5.32 Å². The Morgan fingerprint density at radius 1 is 1.20 bits per heavy atom. The Balaban J connectivity index is 1.81. The zero-order valence-electron chi connectivity index (χ0n) is 11.5. The van der Waals surface area contributed by atoms with Crippen molar-refractivity contribution in [3.63, 3.8) is 0 Å². The maximum absolute atomic E-state index is 4.36. The van der Waals surface area contributed by atoms with Gasteiger partial charge in [-0.15, -0.1) is 0 Å². The summed E-state index contributed by atoms with van der Waals surface area (Å²) >= 11 is 0. The summed E-state index contributed by atoms with van der Waals surface area (Å²) in [6.45, 7) is 2.76. The summed E-state index contributed by atoms with van der Waals surface area (Å²) in [6, 6.07) is 2.00. The van der Waals surface area contributed by atoms with Crippen molar-refractivity contribution in [2.24, 2.45) is 7.05 Å². The van der Waals surface area contributed by atoms with Gasteiger partial charge in [-0.3, -0.25) is 0 Å². The molecule has 0 aliphatic carbocycles. The fraction of sp³-hybridized carbons (Fsp3) is 0.286. The monoisotopic (exact) mass is 268 g/mol. The molecular weight excluding hydrogens is 252 g/mol.